The second-order valence-electron chi connectivity index (χ2n) is 6.03. The third-order valence-corrected chi connectivity index (χ3v) is 4.20. The number of carbonyl (C=O) groups is 2. The summed E-state index contributed by atoms with van der Waals surface area (Å²) < 4.78 is 37.2. The van der Waals surface area contributed by atoms with Crippen LogP contribution in [0.25, 0.3) is 11.1 Å². The van der Waals surface area contributed by atoms with Crippen LogP contribution in [0.1, 0.15) is 25.7 Å². The monoisotopic (exact) mass is 407 g/mol. The molecule has 148 valence electrons. The summed E-state index contributed by atoms with van der Waals surface area (Å²) in [5, 5.41) is 10.4. The molecule has 1 saturated carbocycles. The van der Waals surface area contributed by atoms with E-state index in [9.17, 15) is 18.0 Å². The first kappa shape index (κ1) is 21.0. The number of oxazole rings is 1. The van der Waals surface area contributed by atoms with Crippen LogP contribution in [-0.4, -0.2) is 34.2 Å². The van der Waals surface area contributed by atoms with Gasteiger partial charge in [-0.05, 0) is 43.9 Å². The van der Waals surface area contributed by atoms with Gasteiger partial charge < -0.3 is 15.3 Å². The molecule has 0 atom stereocenters. The Balaban J connectivity index is 0.000000321. The Morgan fingerprint density at radius 1 is 1.26 bits per heavy atom. The van der Waals surface area contributed by atoms with Crippen LogP contribution in [0.15, 0.2) is 22.6 Å². The number of carbonyl (C=O) groups excluding carboxylic acids is 1. The fraction of sp³-hybridized carbons (Fsp3) is 0.438. The molecule has 1 fully saturated rings. The number of fused-ring (bicyclic) bond motifs is 1. The van der Waals surface area contributed by atoms with Gasteiger partial charge in [-0.15, -0.1) is 0 Å². The number of aromatic nitrogens is 1. The van der Waals surface area contributed by atoms with Gasteiger partial charge in [-0.1, -0.05) is 11.6 Å². The largest absolute Gasteiger partial charge is 0.490 e. The number of nitrogens with one attached hydrogen (secondary N) is 1. The Hall–Kier alpha value is -2.33. The van der Waals surface area contributed by atoms with Crippen molar-refractivity contribution in [2.75, 3.05) is 5.32 Å². The zero-order valence-corrected chi connectivity index (χ0v) is 14.7. The smallest absolute Gasteiger partial charge is 0.475 e. The van der Waals surface area contributed by atoms with Gasteiger partial charge in [-0.25, -0.2) is 4.79 Å². The minimum Gasteiger partial charge on any atom is -0.475 e. The highest BCUT2D eigenvalue weighted by Crippen LogP contribution is 2.26. The lowest BCUT2D eigenvalue weighted by Crippen LogP contribution is -2.32. The van der Waals surface area contributed by atoms with Crippen LogP contribution in [0, 0.1) is 5.92 Å². The second kappa shape index (κ2) is 8.57. The summed E-state index contributed by atoms with van der Waals surface area (Å²) in [5.41, 5.74) is 7.08. The van der Waals surface area contributed by atoms with Crippen LogP contribution in [0.3, 0.4) is 0 Å². The third kappa shape index (κ3) is 6.10. The Morgan fingerprint density at radius 3 is 2.41 bits per heavy atom. The average Bonchev–Trinajstić information content (AvgIpc) is 2.96. The van der Waals surface area contributed by atoms with Crippen molar-refractivity contribution in [1.82, 2.24) is 4.98 Å². The van der Waals surface area contributed by atoms with Gasteiger partial charge in [0.15, 0.2) is 5.58 Å². The Kier molecular flexibility index (Phi) is 6.66. The topological polar surface area (TPSA) is 118 Å². The molecular formula is C16H17ClF3N3O4. The molecule has 0 radical (unpaired) electrons. The first-order valence-electron chi connectivity index (χ1n) is 7.99. The number of aliphatic carboxylic acids is 1. The summed E-state index contributed by atoms with van der Waals surface area (Å²) in [6.07, 6.45) is -1.67. The van der Waals surface area contributed by atoms with Crippen LogP contribution in [-0.2, 0) is 9.59 Å². The van der Waals surface area contributed by atoms with Crippen molar-refractivity contribution in [3.05, 3.63) is 23.2 Å². The molecule has 0 spiro atoms. The van der Waals surface area contributed by atoms with Gasteiger partial charge in [0, 0.05) is 17.0 Å². The van der Waals surface area contributed by atoms with E-state index < -0.39 is 12.1 Å². The van der Waals surface area contributed by atoms with Gasteiger partial charge in [-0.3, -0.25) is 10.1 Å². The van der Waals surface area contributed by atoms with E-state index in [1.165, 1.54) is 0 Å². The predicted molar refractivity (Wildman–Crippen MR) is 91.3 cm³/mol. The maximum absolute atomic E-state index is 12.1. The number of nitrogens with two attached hydrogens (primary N) is 1. The van der Waals surface area contributed by atoms with E-state index >= 15 is 0 Å². The molecule has 7 nitrogen and oxygen atoms in total. The third-order valence-electron chi connectivity index (χ3n) is 3.96. The van der Waals surface area contributed by atoms with Crippen molar-refractivity contribution >= 4 is 40.6 Å². The van der Waals surface area contributed by atoms with Crippen LogP contribution in [0.5, 0.6) is 0 Å². The summed E-state index contributed by atoms with van der Waals surface area (Å²) in [4.78, 5) is 25.3. The highest BCUT2D eigenvalue weighted by molar-refractivity contribution is 6.31. The molecule has 11 heteroatoms. The predicted octanol–water partition coefficient (Wildman–Crippen LogP) is 3.57. The molecule has 1 aliphatic carbocycles. The summed E-state index contributed by atoms with van der Waals surface area (Å²) in [7, 11) is 0. The molecule has 1 aromatic carbocycles. The molecule has 27 heavy (non-hydrogen) atoms. The van der Waals surface area contributed by atoms with Crippen LogP contribution >= 0.6 is 11.6 Å². The lowest BCUT2D eigenvalue weighted by Gasteiger charge is -2.24. The second-order valence-corrected chi connectivity index (χ2v) is 6.47. The fourth-order valence-electron chi connectivity index (χ4n) is 2.54. The van der Waals surface area contributed by atoms with Crippen LogP contribution < -0.4 is 11.1 Å². The van der Waals surface area contributed by atoms with Crippen molar-refractivity contribution < 1.29 is 32.3 Å². The lowest BCUT2D eigenvalue weighted by atomic mass is 9.86. The van der Waals surface area contributed by atoms with E-state index in [0.29, 0.717) is 16.1 Å². The summed E-state index contributed by atoms with van der Waals surface area (Å²) >= 11 is 5.89. The molecule has 0 bridgehead atoms. The molecule has 1 aromatic heterocycles. The molecule has 0 unspecified atom stereocenters. The first-order chi connectivity index (χ1) is 12.6. The molecule has 1 heterocycles. The lowest BCUT2D eigenvalue weighted by molar-refractivity contribution is -0.192. The molecule has 1 aliphatic rings. The highest BCUT2D eigenvalue weighted by Gasteiger charge is 2.38. The Morgan fingerprint density at radius 2 is 1.85 bits per heavy atom. The number of halogens is 4. The van der Waals surface area contributed by atoms with Crippen molar-refractivity contribution in [2.45, 2.75) is 37.9 Å². The molecular weight excluding hydrogens is 391 g/mol. The fourth-order valence-corrected chi connectivity index (χ4v) is 2.71. The van der Waals surface area contributed by atoms with E-state index in [0.717, 1.165) is 25.7 Å². The first-order valence-corrected chi connectivity index (χ1v) is 8.36. The minimum atomic E-state index is -5.08. The van der Waals surface area contributed by atoms with Crippen molar-refractivity contribution in [1.29, 1.82) is 0 Å². The number of alkyl halides is 3. The quantitative estimate of drug-likeness (QED) is 0.700. The van der Waals surface area contributed by atoms with E-state index in [4.69, 9.17) is 31.7 Å². The molecule has 0 saturated heterocycles. The van der Waals surface area contributed by atoms with Gasteiger partial charge in [0.05, 0.1) is 0 Å². The van der Waals surface area contributed by atoms with Crippen molar-refractivity contribution in [2.24, 2.45) is 11.7 Å². The Labute approximate surface area is 156 Å². The molecule has 0 aliphatic heterocycles. The van der Waals surface area contributed by atoms with Crippen LogP contribution in [0.4, 0.5) is 19.2 Å². The van der Waals surface area contributed by atoms with Gasteiger partial charge in [0.2, 0.25) is 5.91 Å². The standard InChI is InChI=1S/C14H16ClN3O2.C2HF3O2/c15-9-3-6-12-11(7-9)17-14(20-12)18-13(19)8-1-4-10(16)5-2-8;3-2(4,5)1(6)7/h3,6-8,10H,1-2,4-5,16H2,(H,17,18,19);(H,6,7). The Bertz CT molecular complexity index is 817. The van der Waals surface area contributed by atoms with Gasteiger partial charge in [-0.2, -0.15) is 18.2 Å². The molecule has 3 rings (SSSR count). The number of hydrogen-bond acceptors (Lipinski definition) is 5. The SMILES string of the molecule is NC1CCC(C(=O)Nc2nc3cc(Cl)ccc3o2)CC1.O=C(O)C(F)(F)F. The molecule has 1 amide bonds. The van der Waals surface area contributed by atoms with Crippen molar-refractivity contribution in [3.8, 4) is 0 Å². The van der Waals surface area contributed by atoms with E-state index in [1.54, 1.807) is 18.2 Å². The maximum atomic E-state index is 12.1. The average molecular weight is 408 g/mol. The van der Waals surface area contributed by atoms with Gasteiger partial charge in [0.25, 0.3) is 0 Å². The number of carboxylic acids is 1. The normalized spacial score (nSPS) is 19.9. The number of rotatable bonds is 2. The molecule has 4 N–H and O–H groups in total. The van der Waals surface area contributed by atoms with Gasteiger partial charge >= 0.3 is 18.2 Å². The number of anilines is 1. The van der Waals surface area contributed by atoms with Crippen LogP contribution in [0.2, 0.25) is 5.02 Å². The van der Waals surface area contributed by atoms with E-state index in [-0.39, 0.29) is 23.9 Å². The minimum absolute atomic E-state index is 0.00611. The maximum Gasteiger partial charge on any atom is 0.490 e. The van der Waals surface area contributed by atoms with Gasteiger partial charge in [0.1, 0.15) is 5.52 Å². The number of amides is 1. The zero-order chi connectivity index (χ0) is 20.2. The van der Waals surface area contributed by atoms with E-state index in [1.807, 2.05) is 0 Å². The summed E-state index contributed by atoms with van der Waals surface area (Å²) in [6.45, 7) is 0. The molecule has 2 aromatic rings. The number of hydrogen-bond donors (Lipinski definition) is 3. The summed E-state index contributed by atoms with van der Waals surface area (Å²) in [6, 6.07) is 5.62. The summed E-state index contributed by atoms with van der Waals surface area (Å²) in [5.74, 6) is -2.81. The van der Waals surface area contributed by atoms with E-state index in [2.05, 4.69) is 10.3 Å². The number of nitrogens with zero attached hydrogens (tertiary/aromatic N) is 1. The number of carboxylic acid groups (broad SMARTS) is 1. The van der Waals surface area contributed by atoms with Crippen molar-refractivity contribution in [3.63, 3.8) is 0 Å². The number of benzene rings is 1. The highest BCUT2D eigenvalue weighted by atomic mass is 35.5. The zero-order valence-electron chi connectivity index (χ0n) is 13.9.